The summed E-state index contributed by atoms with van der Waals surface area (Å²) in [6.07, 6.45) is 0. The van der Waals surface area contributed by atoms with E-state index in [1.54, 1.807) is 60.7 Å². The number of anilines is 2. The zero-order valence-electron chi connectivity index (χ0n) is 11.8. The maximum Gasteiger partial charge on any atom is 0.363 e. The minimum absolute atomic E-state index is 0.151. The average molecular weight is 309 g/mol. The predicted molar refractivity (Wildman–Crippen MR) is 83.0 cm³/mol. The second-order valence-electron chi connectivity index (χ2n) is 4.75. The van der Waals surface area contributed by atoms with Crippen molar-refractivity contribution >= 4 is 23.1 Å². The van der Waals surface area contributed by atoms with E-state index in [1.165, 1.54) is 0 Å². The van der Waals surface area contributed by atoms with Crippen LogP contribution < -0.4 is 10.2 Å². The van der Waals surface area contributed by atoms with Crippen LogP contribution in [0.5, 0.6) is 0 Å². The predicted octanol–water partition coefficient (Wildman–Crippen LogP) is 2.16. The molecular formula is C16H11N3O4. The Morgan fingerprint density at radius 3 is 2.04 bits per heavy atom. The zero-order valence-corrected chi connectivity index (χ0v) is 11.8. The third-order valence-electron chi connectivity index (χ3n) is 3.29. The highest BCUT2D eigenvalue weighted by atomic mass is 16.6. The van der Waals surface area contributed by atoms with Crippen LogP contribution in [0.2, 0.25) is 0 Å². The molecule has 7 heteroatoms. The number of carbonyl (C=O) groups excluding carboxylic acids is 2. The smallest absolute Gasteiger partial charge is 0.335 e. The molecule has 1 aliphatic rings. The normalized spacial score (nSPS) is 14.3. The molecule has 23 heavy (non-hydrogen) atoms. The second kappa shape index (κ2) is 5.72. The molecular weight excluding hydrogens is 298 g/mol. The molecule has 3 rings (SSSR count). The average Bonchev–Trinajstić information content (AvgIpc) is 2.80. The number of hydrogen-bond donors (Lipinski definition) is 1. The van der Waals surface area contributed by atoms with Crippen LogP contribution in [0.1, 0.15) is 0 Å². The Bertz CT molecular complexity index is 816. The van der Waals surface area contributed by atoms with Crippen molar-refractivity contribution in [1.82, 2.24) is 0 Å². The third-order valence-corrected chi connectivity index (χ3v) is 3.29. The number of amides is 1. The van der Waals surface area contributed by atoms with E-state index >= 15 is 0 Å². The lowest BCUT2D eigenvalue weighted by Gasteiger charge is -2.19. The molecule has 1 aliphatic heterocycles. The highest BCUT2D eigenvalue weighted by molar-refractivity contribution is 6.50. The molecule has 0 saturated heterocycles. The number of nitrogens with zero attached hydrogens (tertiary/aromatic N) is 2. The van der Waals surface area contributed by atoms with Gasteiger partial charge in [-0.25, -0.2) is 0 Å². The van der Waals surface area contributed by atoms with Crippen LogP contribution in [0.3, 0.4) is 0 Å². The molecule has 0 saturated carbocycles. The van der Waals surface area contributed by atoms with E-state index < -0.39 is 22.3 Å². The zero-order chi connectivity index (χ0) is 16.4. The van der Waals surface area contributed by atoms with Crippen molar-refractivity contribution in [2.75, 3.05) is 10.2 Å². The van der Waals surface area contributed by atoms with Crippen LogP contribution >= 0.6 is 0 Å². The number of Topliss-reactive ketones (excluding diaryl/α,β-unsaturated/α-hetero) is 1. The van der Waals surface area contributed by atoms with E-state index in [2.05, 4.69) is 5.32 Å². The van der Waals surface area contributed by atoms with Crippen molar-refractivity contribution in [1.29, 1.82) is 0 Å². The number of rotatable bonds is 4. The maximum absolute atomic E-state index is 12.2. The third kappa shape index (κ3) is 2.55. The summed E-state index contributed by atoms with van der Waals surface area (Å²) < 4.78 is 0. The number of benzene rings is 2. The topological polar surface area (TPSA) is 92.6 Å². The molecule has 0 bridgehead atoms. The van der Waals surface area contributed by atoms with Crippen molar-refractivity contribution in [3.8, 4) is 0 Å². The highest BCUT2D eigenvalue weighted by Crippen LogP contribution is 2.29. The summed E-state index contributed by atoms with van der Waals surface area (Å²) in [6, 6.07) is 16.9. The molecule has 0 spiro atoms. The molecule has 0 radical (unpaired) electrons. The lowest BCUT2D eigenvalue weighted by molar-refractivity contribution is -0.418. The lowest BCUT2D eigenvalue weighted by Crippen LogP contribution is -2.31. The lowest BCUT2D eigenvalue weighted by atomic mass is 10.3. The van der Waals surface area contributed by atoms with Gasteiger partial charge in [-0.15, -0.1) is 0 Å². The van der Waals surface area contributed by atoms with Crippen LogP contribution in [0.15, 0.2) is 72.2 Å². The van der Waals surface area contributed by atoms with Crippen LogP contribution in [-0.4, -0.2) is 16.6 Å². The van der Waals surface area contributed by atoms with Gasteiger partial charge in [0.1, 0.15) is 0 Å². The second-order valence-corrected chi connectivity index (χ2v) is 4.75. The van der Waals surface area contributed by atoms with E-state index in [9.17, 15) is 19.7 Å². The molecule has 0 fully saturated rings. The Morgan fingerprint density at radius 1 is 0.913 bits per heavy atom. The van der Waals surface area contributed by atoms with Gasteiger partial charge < -0.3 is 5.32 Å². The van der Waals surface area contributed by atoms with Gasteiger partial charge in [-0.1, -0.05) is 36.4 Å². The Kier molecular flexibility index (Phi) is 3.60. The van der Waals surface area contributed by atoms with E-state index in [-0.39, 0.29) is 5.82 Å². The fraction of sp³-hybridized carbons (Fsp3) is 0. The summed E-state index contributed by atoms with van der Waals surface area (Å²) in [5.74, 6) is -2.25. The Labute approximate surface area is 131 Å². The van der Waals surface area contributed by atoms with Crippen molar-refractivity contribution in [3.63, 3.8) is 0 Å². The summed E-state index contributed by atoms with van der Waals surface area (Å²) >= 11 is 0. The number of nitro groups is 1. The minimum atomic E-state index is -1.14. The molecule has 2 aromatic rings. The first-order valence-corrected chi connectivity index (χ1v) is 6.74. The maximum atomic E-state index is 12.2. The summed E-state index contributed by atoms with van der Waals surface area (Å²) in [7, 11) is 0. The number of carbonyl (C=O) groups is 2. The first-order valence-electron chi connectivity index (χ1n) is 6.74. The summed E-state index contributed by atoms with van der Waals surface area (Å²) in [5, 5.41) is 14.0. The van der Waals surface area contributed by atoms with Gasteiger partial charge in [-0.3, -0.25) is 24.6 Å². The molecule has 0 unspecified atom stereocenters. The SMILES string of the molecule is O=C1C(=O)N(c2ccccc2)C(Nc2ccccc2)=C1[N+](=O)[O-]. The van der Waals surface area contributed by atoms with Gasteiger partial charge in [0, 0.05) is 5.69 Å². The summed E-state index contributed by atoms with van der Waals surface area (Å²) in [6.45, 7) is 0. The molecule has 1 N–H and O–H groups in total. The van der Waals surface area contributed by atoms with Gasteiger partial charge >= 0.3 is 17.4 Å². The molecule has 1 heterocycles. The minimum Gasteiger partial charge on any atom is -0.335 e. The Balaban J connectivity index is 2.12. The van der Waals surface area contributed by atoms with Gasteiger partial charge in [-0.2, -0.15) is 0 Å². The molecule has 2 aromatic carbocycles. The Hall–Kier alpha value is -3.48. The highest BCUT2D eigenvalue weighted by Gasteiger charge is 2.47. The van der Waals surface area contributed by atoms with Gasteiger partial charge in [0.25, 0.3) is 0 Å². The van der Waals surface area contributed by atoms with Crippen molar-refractivity contribution in [2.24, 2.45) is 0 Å². The number of ketones is 1. The number of para-hydroxylation sites is 2. The van der Waals surface area contributed by atoms with Crippen LogP contribution in [0.4, 0.5) is 11.4 Å². The summed E-state index contributed by atoms with van der Waals surface area (Å²) in [5.41, 5.74) is 0.147. The Morgan fingerprint density at radius 2 is 1.48 bits per heavy atom. The molecule has 0 aromatic heterocycles. The van der Waals surface area contributed by atoms with E-state index in [4.69, 9.17) is 0 Å². The first kappa shape index (κ1) is 14.5. The molecule has 0 atom stereocenters. The fourth-order valence-electron chi connectivity index (χ4n) is 2.28. The van der Waals surface area contributed by atoms with Crippen LogP contribution in [-0.2, 0) is 9.59 Å². The van der Waals surface area contributed by atoms with Crippen molar-refractivity contribution in [3.05, 3.63) is 82.3 Å². The summed E-state index contributed by atoms with van der Waals surface area (Å²) in [4.78, 5) is 35.6. The molecule has 1 amide bonds. The quantitative estimate of drug-likeness (QED) is 0.531. The fourth-order valence-corrected chi connectivity index (χ4v) is 2.28. The van der Waals surface area contributed by atoms with E-state index in [0.717, 1.165) is 4.90 Å². The van der Waals surface area contributed by atoms with Gasteiger partial charge in [0.15, 0.2) is 0 Å². The van der Waals surface area contributed by atoms with Crippen LogP contribution in [0, 0.1) is 10.1 Å². The first-order chi connectivity index (χ1) is 11.1. The van der Waals surface area contributed by atoms with Crippen LogP contribution in [0.25, 0.3) is 0 Å². The van der Waals surface area contributed by atoms with Gasteiger partial charge in [0.2, 0.25) is 5.82 Å². The number of hydrogen-bond acceptors (Lipinski definition) is 5. The molecule has 114 valence electrons. The number of nitrogens with one attached hydrogen (secondary N) is 1. The monoisotopic (exact) mass is 309 g/mol. The van der Waals surface area contributed by atoms with E-state index in [1.807, 2.05) is 0 Å². The van der Waals surface area contributed by atoms with E-state index in [0.29, 0.717) is 11.4 Å². The van der Waals surface area contributed by atoms with Crippen molar-refractivity contribution < 1.29 is 14.5 Å². The van der Waals surface area contributed by atoms with Gasteiger partial charge in [-0.05, 0) is 24.3 Å². The molecule has 7 nitrogen and oxygen atoms in total. The van der Waals surface area contributed by atoms with Crippen molar-refractivity contribution in [2.45, 2.75) is 0 Å². The standard InChI is InChI=1S/C16H11N3O4/c20-14-13(19(22)23)15(17-11-7-3-1-4-8-11)18(16(14)21)12-9-5-2-6-10-12/h1-10,17H. The largest absolute Gasteiger partial charge is 0.363 e. The molecule has 0 aliphatic carbocycles. The van der Waals surface area contributed by atoms with Gasteiger partial charge in [0.05, 0.1) is 10.6 Å².